The van der Waals surface area contributed by atoms with Crippen molar-refractivity contribution in [3.8, 4) is 0 Å². The highest BCUT2D eigenvalue weighted by Crippen LogP contribution is 2.14. The number of rotatable bonds is 1. The molecule has 2 N–H and O–H groups in total. The Morgan fingerprint density at radius 3 is 2.73 bits per heavy atom. The van der Waals surface area contributed by atoms with Crippen molar-refractivity contribution < 1.29 is 9.90 Å². The second-order valence-electron chi connectivity index (χ2n) is 2.79. The molecule has 0 bridgehead atoms. The summed E-state index contributed by atoms with van der Waals surface area (Å²) >= 11 is 0. The third kappa shape index (κ3) is 1.97. The molecular weight excluding hydrogens is 142 g/mol. The van der Waals surface area contributed by atoms with Crippen molar-refractivity contribution in [2.45, 2.75) is 26.2 Å². The number of hydrogen-bond acceptors (Lipinski definition) is 2. The van der Waals surface area contributed by atoms with Crippen LogP contribution >= 0.6 is 0 Å². The van der Waals surface area contributed by atoms with Crippen LogP contribution in [0.25, 0.3) is 0 Å². The average molecular weight is 155 g/mol. The van der Waals surface area contributed by atoms with Crippen LogP contribution < -0.4 is 5.32 Å². The lowest BCUT2D eigenvalue weighted by Gasteiger charge is -2.17. The largest absolute Gasteiger partial charge is 0.478 e. The van der Waals surface area contributed by atoms with Crippen LogP contribution in [0.4, 0.5) is 0 Å². The van der Waals surface area contributed by atoms with Crippen molar-refractivity contribution in [1.29, 1.82) is 0 Å². The van der Waals surface area contributed by atoms with Crippen LogP contribution in [-0.4, -0.2) is 17.6 Å². The zero-order valence-electron chi connectivity index (χ0n) is 6.68. The molecule has 0 aliphatic carbocycles. The maximum atomic E-state index is 10.5. The fourth-order valence-corrected chi connectivity index (χ4v) is 1.20. The minimum Gasteiger partial charge on any atom is -0.478 e. The lowest BCUT2D eigenvalue weighted by atomic mass is 10.1. The lowest BCUT2D eigenvalue weighted by molar-refractivity contribution is -0.132. The van der Waals surface area contributed by atoms with Gasteiger partial charge in [0.1, 0.15) is 0 Å². The maximum absolute atomic E-state index is 10.5. The van der Waals surface area contributed by atoms with Crippen LogP contribution in [0.3, 0.4) is 0 Å². The van der Waals surface area contributed by atoms with Gasteiger partial charge in [-0.1, -0.05) is 0 Å². The van der Waals surface area contributed by atoms with Gasteiger partial charge in [0.25, 0.3) is 0 Å². The Balaban J connectivity index is 2.68. The van der Waals surface area contributed by atoms with Gasteiger partial charge in [-0.15, -0.1) is 0 Å². The quantitative estimate of drug-likeness (QED) is 0.558. The van der Waals surface area contributed by atoms with Gasteiger partial charge in [-0.3, -0.25) is 0 Å². The Bertz CT molecular complexity index is 188. The van der Waals surface area contributed by atoms with Crippen molar-refractivity contribution in [3.05, 3.63) is 11.3 Å². The SMILES string of the molecule is CC(C(=O)O)=C1CCCCN1. The topological polar surface area (TPSA) is 49.3 Å². The van der Waals surface area contributed by atoms with Gasteiger partial charge in [0.15, 0.2) is 0 Å². The van der Waals surface area contributed by atoms with Crippen LogP contribution in [0.2, 0.25) is 0 Å². The molecular formula is C8H13NO2. The van der Waals surface area contributed by atoms with E-state index in [0.717, 1.165) is 31.5 Å². The number of nitrogens with one attached hydrogen (secondary N) is 1. The Kier molecular flexibility index (Phi) is 2.52. The number of hydrogen-bond donors (Lipinski definition) is 2. The molecule has 0 saturated carbocycles. The van der Waals surface area contributed by atoms with Gasteiger partial charge in [0.05, 0.1) is 5.57 Å². The minimum atomic E-state index is -0.811. The second-order valence-corrected chi connectivity index (χ2v) is 2.79. The van der Waals surface area contributed by atoms with E-state index in [1.54, 1.807) is 6.92 Å². The van der Waals surface area contributed by atoms with Crippen molar-refractivity contribution in [2.24, 2.45) is 0 Å². The Labute approximate surface area is 66.1 Å². The molecule has 1 aliphatic rings. The average Bonchev–Trinajstić information content (AvgIpc) is 2.05. The van der Waals surface area contributed by atoms with Gasteiger partial charge < -0.3 is 10.4 Å². The molecule has 1 aliphatic heterocycles. The fourth-order valence-electron chi connectivity index (χ4n) is 1.20. The number of carbonyl (C=O) groups is 1. The van der Waals surface area contributed by atoms with Crippen molar-refractivity contribution >= 4 is 5.97 Å². The maximum Gasteiger partial charge on any atom is 0.333 e. The molecule has 0 spiro atoms. The molecule has 62 valence electrons. The van der Waals surface area contributed by atoms with E-state index in [4.69, 9.17) is 5.11 Å². The first-order chi connectivity index (χ1) is 5.22. The summed E-state index contributed by atoms with van der Waals surface area (Å²) < 4.78 is 0. The molecule has 0 unspecified atom stereocenters. The van der Waals surface area contributed by atoms with E-state index in [1.807, 2.05) is 0 Å². The van der Waals surface area contributed by atoms with Crippen LogP contribution in [0.5, 0.6) is 0 Å². The summed E-state index contributed by atoms with van der Waals surface area (Å²) in [5, 5.41) is 11.7. The third-order valence-electron chi connectivity index (χ3n) is 1.97. The number of carboxylic acid groups (broad SMARTS) is 1. The van der Waals surface area contributed by atoms with Crippen LogP contribution in [0.15, 0.2) is 11.3 Å². The van der Waals surface area contributed by atoms with Gasteiger partial charge in [-0.2, -0.15) is 0 Å². The van der Waals surface area contributed by atoms with Crippen molar-refractivity contribution in [1.82, 2.24) is 5.32 Å². The summed E-state index contributed by atoms with van der Waals surface area (Å²) in [6, 6.07) is 0. The van der Waals surface area contributed by atoms with Gasteiger partial charge in [-0.25, -0.2) is 4.79 Å². The molecule has 3 nitrogen and oxygen atoms in total. The molecule has 0 aromatic carbocycles. The molecule has 0 atom stereocenters. The lowest BCUT2D eigenvalue weighted by Crippen LogP contribution is -2.22. The summed E-state index contributed by atoms with van der Waals surface area (Å²) in [6.45, 7) is 2.57. The van der Waals surface area contributed by atoms with E-state index in [9.17, 15) is 4.79 Å². The summed E-state index contributed by atoms with van der Waals surface area (Å²) in [5.41, 5.74) is 1.37. The molecule has 1 fully saturated rings. The molecule has 0 aromatic heterocycles. The normalized spacial score (nSPS) is 22.3. The van der Waals surface area contributed by atoms with Crippen LogP contribution in [-0.2, 0) is 4.79 Å². The van der Waals surface area contributed by atoms with Gasteiger partial charge in [-0.05, 0) is 26.2 Å². The monoisotopic (exact) mass is 155 g/mol. The highest BCUT2D eigenvalue weighted by Gasteiger charge is 2.11. The van der Waals surface area contributed by atoms with Gasteiger partial charge in [0, 0.05) is 12.2 Å². The van der Waals surface area contributed by atoms with Crippen molar-refractivity contribution in [3.63, 3.8) is 0 Å². The van der Waals surface area contributed by atoms with Crippen LogP contribution in [0.1, 0.15) is 26.2 Å². The predicted octanol–water partition coefficient (Wildman–Crippen LogP) is 1.12. The molecule has 1 rings (SSSR count). The standard InChI is InChI=1S/C8H13NO2/c1-6(8(10)11)7-4-2-3-5-9-7/h9H,2-5H2,1H3,(H,10,11). The van der Waals surface area contributed by atoms with Crippen LogP contribution in [0, 0.1) is 0 Å². The van der Waals surface area contributed by atoms with E-state index in [2.05, 4.69) is 5.32 Å². The van der Waals surface area contributed by atoms with E-state index in [0.29, 0.717) is 5.57 Å². The number of allylic oxidation sites excluding steroid dienone is 1. The third-order valence-corrected chi connectivity index (χ3v) is 1.97. The first-order valence-electron chi connectivity index (χ1n) is 3.88. The Morgan fingerprint density at radius 2 is 2.27 bits per heavy atom. The van der Waals surface area contributed by atoms with E-state index in [-0.39, 0.29) is 0 Å². The Morgan fingerprint density at radius 1 is 1.55 bits per heavy atom. The van der Waals surface area contributed by atoms with E-state index in [1.165, 1.54) is 0 Å². The smallest absolute Gasteiger partial charge is 0.333 e. The minimum absolute atomic E-state index is 0.463. The molecule has 1 saturated heterocycles. The second kappa shape index (κ2) is 3.42. The van der Waals surface area contributed by atoms with Crippen molar-refractivity contribution in [2.75, 3.05) is 6.54 Å². The summed E-state index contributed by atoms with van der Waals surface area (Å²) in [7, 11) is 0. The zero-order valence-corrected chi connectivity index (χ0v) is 6.68. The molecule has 0 aromatic rings. The molecule has 11 heavy (non-hydrogen) atoms. The van der Waals surface area contributed by atoms with Gasteiger partial charge in [0.2, 0.25) is 0 Å². The molecule has 3 heteroatoms. The number of carboxylic acids is 1. The fraction of sp³-hybridized carbons (Fsp3) is 0.625. The highest BCUT2D eigenvalue weighted by molar-refractivity contribution is 5.86. The first kappa shape index (κ1) is 8.11. The van der Waals surface area contributed by atoms with E-state index >= 15 is 0 Å². The predicted molar refractivity (Wildman–Crippen MR) is 42.2 cm³/mol. The number of piperidine rings is 1. The Hall–Kier alpha value is -0.990. The summed E-state index contributed by atoms with van der Waals surface area (Å²) in [6.07, 6.45) is 3.14. The first-order valence-corrected chi connectivity index (χ1v) is 3.88. The summed E-state index contributed by atoms with van der Waals surface area (Å²) in [5.74, 6) is -0.811. The summed E-state index contributed by atoms with van der Waals surface area (Å²) in [4.78, 5) is 10.5. The molecule has 1 heterocycles. The molecule has 0 amide bonds. The highest BCUT2D eigenvalue weighted by atomic mass is 16.4. The number of aliphatic carboxylic acids is 1. The van der Waals surface area contributed by atoms with Gasteiger partial charge >= 0.3 is 5.97 Å². The molecule has 0 radical (unpaired) electrons. The van der Waals surface area contributed by atoms with E-state index < -0.39 is 5.97 Å². The zero-order chi connectivity index (χ0) is 8.27.